The highest BCUT2D eigenvalue weighted by molar-refractivity contribution is 8.21. The Labute approximate surface area is 159 Å². The third-order valence-corrected chi connectivity index (χ3v) is 10.5. The van der Waals surface area contributed by atoms with E-state index in [1.807, 2.05) is 0 Å². The van der Waals surface area contributed by atoms with Crippen molar-refractivity contribution in [2.24, 2.45) is 17.8 Å². The van der Waals surface area contributed by atoms with E-state index in [2.05, 4.69) is 28.8 Å². The molecule has 0 aromatic heterocycles. The second-order valence-corrected chi connectivity index (χ2v) is 11.1. The van der Waals surface area contributed by atoms with Gasteiger partial charge in [0.15, 0.2) is 6.61 Å². The van der Waals surface area contributed by atoms with E-state index in [4.69, 9.17) is 4.74 Å². The first kappa shape index (κ1) is 18.0. The number of ether oxygens (including phenoxy) is 1. The summed E-state index contributed by atoms with van der Waals surface area (Å²) in [5.74, 6) is 3.53. The van der Waals surface area contributed by atoms with Crippen molar-refractivity contribution in [3.05, 3.63) is 0 Å². The molecule has 0 aromatic carbocycles. The first-order chi connectivity index (χ1) is 12.2. The van der Waals surface area contributed by atoms with Gasteiger partial charge in [-0.15, -0.1) is 23.5 Å². The number of carbonyl (C=O) groups is 2. The summed E-state index contributed by atoms with van der Waals surface area (Å²) in [4.78, 5) is 24.5. The quantitative estimate of drug-likeness (QED) is 0.752. The number of amides is 1. The summed E-state index contributed by atoms with van der Waals surface area (Å²) in [7, 11) is 0. The number of carbonyl (C=O) groups excluding carboxylic acids is 2. The molecule has 2 bridgehead atoms. The van der Waals surface area contributed by atoms with E-state index < -0.39 is 0 Å². The molecular formula is C19H29NO3S2. The highest BCUT2D eigenvalue weighted by Crippen LogP contribution is 2.64. The van der Waals surface area contributed by atoms with Crippen LogP contribution in [-0.2, 0) is 14.3 Å². The van der Waals surface area contributed by atoms with Crippen LogP contribution in [-0.4, -0.2) is 40.1 Å². The SMILES string of the molecule is O=C(COC(=O)C1C[C@H]2CCC[C@@H](C1)C21SCCS1)NC1CCCC1. The van der Waals surface area contributed by atoms with E-state index in [-0.39, 0.29) is 30.4 Å². The summed E-state index contributed by atoms with van der Waals surface area (Å²) in [6.07, 6.45) is 10.2. The average molecular weight is 384 g/mol. The summed E-state index contributed by atoms with van der Waals surface area (Å²) in [5.41, 5.74) is 0. The van der Waals surface area contributed by atoms with Gasteiger partial charge in [0.05, 0.1) is 10.00 Å². The number of nitrogens with one attached hydrogen (secondary N) is 1. The van der Waals surface area contributed by atoms with Crippen LogP contribution in [0.3, 0.4) is 0 Å². The number of hydrogen-bond donors (Lipinski definition) is 1. The maximum Gasteiger partial charge on any atom is 0.309 e. The molecular weight excluding hydrogens is 354 g/mol. The third kappa shape index (κ3) is 3.71. The zero-order valence-electron chi connectivity index (χ0n) is 14.8. The highest BCUT2D eigenvalue weighted by atomic mass is 32.2. The smallest absolute Gasteiger partial charge is 0.309 e. The Morgan fingerprint density at radius 1 is 0.960 bits per heavy atom. The van der Waals surface area contributed by atoms with E-state index in [9.17, 15) is 9.59 Å². The van der Waals surface area contributed by atoms with Gasteiger partial charge in [0, 0.05) is 17.5 Å². The van der Waals surface area contributed by atoms with Crippen LogP contribution in [0.1, 0.15) is 57.8 Å². The molecule has 1 heterocycles. The minimum Gasteiger partial charge on any atom is -0.455 e. The van der Waals surface area contributed by atoms with Crippen molar-refractivity contribution in [2.45, 2.75) is 67.9 Å². The largest absolute Gasteiger partial charge is 0.455 e. The molecule has 1 unspecified atom stereocenters. The molecule has 1 N–H and O–H groups in total. The summed E-state index contributed by atoms with van der Waals surface area (Å²) < 4.78 is 5.79. The molecule has 140 valence electrons. The Bertz CT molecular complexity index is 499. The van der Waals surface area contributed by atoms with Gasteiger partial charge in [0.25, 0.3) is 5.91 Å². The number of rotatable bonds is 4. The second kappa shape index (κ2) is 7.71. The van der Waals surface area contributed by atoms with Crippen LogP contribution < -0.4 is 5.32 Å². The Kier molecular flexibility index (Phi) is 5.56. The van der Waals surface area contributed by atoms with Crippen molar-refractivity contribution < 1.29 is 14.3 Å². The minimum absolute atomic E-state index is 0.00186. The predicted molar refractivity (Wildman–Crippen MR) is 103 cm³/mol. The average Bonchev–Trinajstić information content (AvgIpc) is 3.25. The highest BCUT2D eigenvalue weighted by Gasteiger charge is 2.55. The van der Waals surface area contributed by atoms with Crippen LogP contribution in [0.4, 0.5) is 0 Å². The fourth-order valence-electron chi connectivity index (χ4n) is 5.40. The Morgan fingerprint density at radius 3 is 2.24 bits per heavy atom. The van der Waals surface area contributed by atoms with Gasteiger partial charge in [-0.3, -0.25) is 9.59 Å². The lowest BCUT2D eigenvalue weighted by molar-refractivity contribution is -0.155. The van der Waals surface area contributed by atoms with Gasteiger partial charge in [-0.05, 0) is 50.4 Å². The maximum atomic E-state index is 12.6. The molecule has 1 saturated heterocycles. The third-order valence-electron chi connectivity index (χ3n) is 6.52. The Hall–Kier alpha value is -0.360. The monoisotopic (exact) mass is 383 g/mol. The molecule has 25 heavy (non-hydrogen) atoms. The molecule has 0 radical (unpaired) electrons. The molecule has 1 aliphatic heterocycles. The van der Waals surface area contributed by atoms with Crippen LogP contribution in [0.2, 0.25) is 0 Å². The molecule has 3 aliphatic carbocycles. The maximum absolute atomic E-state index is 12.6. The van der Waals surface area contributed by atoms with Crippen molar-refractivity contribution in [3.8, 4) is 0 Å². The van der Waals surface area contributed by atoms with Crippen molar-refractivity contribution in [1.29, 1.82) is 0 Å². The summed E-state index contributed by atoms with van der Waals surface area (Å²) in [5, 5.41) is 2.99. The predicted octanol–water partition coefficient (Wildman–Crippen LogP) is 3.59. The van der Waals surface area contributed by atoms with Gasteiger partial charge >= 0.3 is 5.97 Å². The van der Waals surface area contributed by atoms with Crippen LogP contribution >= 0.6 is 23.5 Å². The minimum atomic E-state index is -0.138. The first-order valence-corrected chi connectivity index (χ1v) is 11.9. The standard InChI is InChI=1S/C19H29NO3S2/c21-17(20-16-6-1-2-7-16)12-23-18(22)13-10-14-4-3-5-15(11-13)19(14)24-8-9-25-19/h13-16H,1-12H2,(H,20,21)/t13?,14-,15+. The van der Waals surface area contributed by atoms with E-state index >= 15 is 0 Å². The number of hydrogen-bond acceptors (Lipinski definition) is 5. The van der Waals surface area contributed by atoms with Gasteiger partial charge < -0.3 is 10.1 Å². The number of esters is 1. The van der Waals surface area contributed by atoms with Crippen molar-refractivity contribution in [1.82, 2.24) is 5.32 Å². The molecule has 1 amide bonds. The van der Waals surface area contributed by atoms with Crippen LogP contribution in [0, 0.1) is 17.8 Å². The lowest BCUT2D eigenvalue weighted by atomic mass is 9.67. The van der Waals surface area contributed by atoms with E-state index in [1.165, 1.54) is 43.6 Å². The van der Waals surface area contributed by atoms with Crippen molar-refractivity contribution in [2.75, 3.05) is 18.1 Å². The van der Waals surface area contributed by atoms with Crippen LogP contribution in [0.25, 0.3) is 0 Å². The Morgan fingerprint density at radius 2 is 1.60 bits per heavy atom. The first-order valence-electron chi connectivity index (χ1n) is 9.91. The van der Waals surface area contributed by atoms with Gasteiger partial charge in [0.2, 0.25) is 0 Å². The fraction of sp³-hybridized carbons (Fsp3) is 0.895. The van der Waals surface area contributed by atoms with Gasteiger partial charge in [0.1, 0.15) is 0 Å². The van der Waals surface area contributed by atoms with Crippen LogP contribution in [0.5, 0.6) is 0 Å². The molecule has 0 aromatic rings. The van der Waals surface area contributed by atoms with Gasteiger partial charge in [-0.2, -0.15) is 0 Å². The zero-order chi connectivity index (χ0) is 17.3. The summed E-state index contributed by atoms with van der Waals surface area (Å²) in [6, 6.07) is 0.288. The zero-order valence-corrected chi connectivity index (χ0v) is 16.5. The number of thioether (sulfide) groups is 2. The molecule has 3 atom stereocenters. The van der Waals surface area contributed by atoms with E-state index in [0.29, 0.717) is 15.9 Å². The summed E-state index contributed by atoms with van der Waals surface area (Å²) in [6.45, 7) is -0.101. The Balaban J connectivity index is 1.29. The lowest BCUT2D eigenvalue weighted by Gasteiger charge is -2.51. The van der Waals surface area contributed by atoms with E-state index in [0.717, 1.165) is 25.7 Å². The molecule has 4 nitrogen and oxygen atoms in total. The molecule has 4 aliphatic rings. The molecule has 3 saturated carbocycles. The topological polar surface area (TPSA) is 55.4 Å². The molecule has 6 heteroatoms. The molecule has 4 fully saturated rings. The molecule has 1 spiro atoms. The van der Waals surface area contributed by atoms with E-state index in [1.54, 1.807) is 0 Å². The second-order valence-electron chi connectivity index (χ2n) is 8.07. The fourth-order valence-corrected chi connectivity index (χ4v) is 9.33. The lowest BCUT2D eigenvalue weighted by Crippen LogP contribution is -2.48. The molecule has 4 rings (SSSR count). The van der Waals surface area contributed by atoms with Crippen LogP contribution in [0.15, 0.2) is 0 Å². The normalized spacial score (nSPS) is 34.2. The van der Waals surface area contributed by atoms with Crippen molar-refractivity contribution >= 4 is 35.4 Å². The van der Waals surface area contributed by atoms with Gasteiger partial charge in [-0.1, -0.05) is 19.3 Å². The summed E-state index contributed by atoms with van der Waals surface area (Å²) >= 11 is 4.31. The van der Waals surface area contributed by atoms with Crippen molar-refractivity contribution in [3.63, 3.8) is 0 Å². The van der Waals surface area contributed by atoms with Gasteiger partial charge in [-0.25, -0.2) is 0 Å².